The largest absolute Gasteiger partial charge is 0.488 e. The first-order valence-corrected chi connectivity index (χ1v) is 12.7. The lowest BCUT2D eigenvalue weighted by Crippen LogP contribution is -2.68. The van der Waals surface area contributed by atoms with Gasteiger partial charge >= 0.3 is 6.18 Å². The first-order valence-electron chi connectivity index (χ1n) is 12.7. The van der Waals surface area contributed by atoms with Crippen LogP contribution in [-0.4, -0.2) is 72.8 Å². The second-order valence-electron chi connectivity index (χ2n) is 11.1. The van der Waals surface area contributed by atoms with E-state index >= 15 is 4.39 Å². The number of aryl methyl sites for hydroxylation is 1. The number of anilines is 1. The number of benzene rings is 1. The molecule has 3 saturated heterocycles. The molecule has 39 heavy (non-hydrogen) atoms. The smallest absolute Gasteiger partial charge is 0.417 e. The van der Waals surface area contributed by atoms with Crippen LogP contribution in [0.15, 0.2) is 22.9 Å². The van der Waals surface area contributed by atoms with Crippen LogP contribution in [0.25, 0.3) is 0 Å². The summed E-state index contributed by atoms with van der Waals surface area (Å²) < 4.78 is 93.5. The summed E-state index contributed by atoms with van der Waals surface area (Å²) >= 11 is 0. The molecule has 1 N–H and O–H groups in total. The third kappa shape index (κ3) is 4.67. The van der Waals surface area contributed by atoms with Crippen LogP contribution < -0.4 is 10.1 Å². The molecule has 1 amide bonds. The van der Waals surface area contributed by atoms with Crippen molar-refractivity contribution in [3.8, 4) is 5.75 Å². The number of aromatic nitrogens is 1. The SMILES string of the molecule is Cc1nocc1NC(=O)[C@@H]1O[C@@](C)(C(F)(F)F)[C@@H](C)[C@H]1c1ccc(F)c(F)c1OC[C@H](C)N1CC2(COC2)C1. The fraction of sp³-hybridized carbons (Fsp3) is 0.615. The number of carbonyl (C=O) groups excluding carboxylic acids is 1. The van der Waals surface area contributed by atoms with Crippen molar-refractivity contribution < 1.29 is 45.5 Å². The summed E-state index contributed by atoms with van der Waals surface area (Å²) in [6.07, 6.45) is -5.44. The highest BCUT2D eigenvalue weighted by atomic mass is 19.4. The van der Waals surface area contributed by atoms with Gasteiger partial charge in [0.15, 0.2) is 17.2 Å². The molecule has 0 radical (unpaired) electrons. The third-order valence-electron chi connectivity index (χ3n) is 8.36. The molecule has 0 saturated carbocycles. The van der Waals surface area contributed by atoms with E-state index in [0.717, 1.165) is 38.4 Å². The number of hydrogen-bond acceptors (Lipinski definition) is 7. The molecular formula is C26H30F5N3O5. The fourth-order valence-electron chi connectivity index (χ4n) is 5.61. The van der Waals surface area contributed by atoms with Crippen LogP contribution in [0.4, 0.5) is 27.6 Å². The second-order valence-corrected chi connectivity index (χ2v) is 11.1. The molecule has 0 aliphatic carbocycles. The minimum Gasteiger partial charge on any atom is -0.488 e. The van der Waals surface area contributed by atoms with Crippen LogP contribution in [0.3, 0.4) is 0 Å². The Balaban J connectivity index is 1.45. The molecule has 5 rings (SSSR count). The van der Waals surface area contributed by atoms with Crippen molar-refractivity contribution in [2.45, 2.75) is 57.5 Å². The van der Waals surface area contributed by atoms with Crippen LogP contribution >= 0.6 is 0 Å². The summed E-state index contributed by atoms with van der Waals surface area (Å²) in [5, 5.41) is 6.12. The Morgan fingerprint density at radius 3 is 2.54 bits per heavy atom. The number of halogens is 5. The molecule has 3 aliphatic rings. The predicted octanol–water partition coefficient (Wildman–Crippen LogP) is 4.44. The number of carbonyl (C=O) groups is 1. The van der Waals surface area contributed by atoms with Gasteiger partial charge in [-0.25, -0.2) is 4.39 Å². The average Bonchev–Trinajstić information content (AvgIpc) is 3.33. The number of rotatable bonds is 7. The van der Waals surface area contributed by atoms with Crippen molar-refractivity contribution in [2.75, 3.05) is 38.2 Å². The third-order valence-corrected chi connectivity index (χ3v) is 8.36. The summed E-state index contributed by atoms with van der Waals surface area (Å²) in [6.45, 7) is 8.37. The number of ether oxygens (including phenoxy) is 3. The van der Waals surface area contributed by atoms with Crippen LogP contribution in [-0.2, 0) is 14.3 Å². The molecule has 3 aliphatic heterocycles. The van der Waals surface area contributed by atoms with E-state index in [1.54, 1.807) is 0 Å². The summed E-state index contributed by atoms with van der Waals surface area (Å²) in [6, 6.07) is 1.78. The molecule has 4 heterocycles. The van der Waals surface area contributed by atoms with E-state index < -0.39 is 53.0 Å². The fourth-order valence-corrected chi connectivity index (χ4v) is 5.61. The van der Waals surface area contributed by atoms with E-state index in [2.05, 4.69) is 15.4 Å². The molecule has 1 aromatic carbocycles. The highest BCUT2D eigenvalue weighted by molar-refractivity contribution is 5.95. The van der Waals surface area contributed by atoms with E-state index in [1.807, 2.05) is 6.92 Å². The van der Waals surface area contributed by atoms with Gasteiger partial charge in [0.1, 0.15) is 30.4 Å². The van der Waals surface area contributed by atoms with Crippen molar-refractivity contribution in [1.29, 1.82) is 0 Å². The summed E-state index contributed by atoms with van der Waals surface area (Å²) in [5.74, 6) is -6.69. The van der Waals surface area contributed by atoms with E-state index in [4.69, 9.17) is 18.7 Å². The number of alkyl halides is 3. The van der Waals surface area contributed by atoms with Crippen molar-refractivity contribution in [1.82, 2.24) is 10.1 Å². The number of amides is 1. The van der Waals surface area contributed by atoms with Crippen LogP contribution in [0.1, 0.15) is 37.9 Å². The molecule has 1 spiro atoms. The molecular weight excluding hydrogens is 529 g/mol. The Kier molecular flexibility index (Phi) is 6.91. The predicted molar refractivity (Wildman–Crippen MR) is 127 cm³/mol. The molecule has 13 heteroatoms. The maximum atomic E-state index is 15.2. The zero-order valence-corrected chi connectivity index (χ0v) is 21.9. The van der Waals surface area contributed by atoms with Gasteiger partial charge in [-0.05, 0) is 26.8 Å². The van der Waals surface area contributed by atoms with Gasteiger partial charge in [-0.3, -0.25) is 9.69 Å². The number of nitrogens with zero attached hydrogens (tertiary/aromatic N) is 2. The Labute approximate surface area is 221 Å². The molecule has 8 nitrogen and oxygen atoms in total. The highest BCUT2D eigenvalue weighted by Crippen LogP contribution is 2.55. The quantitative estimate of drug-likeness (QED) is 0.502. The number of hydrogen-bond donors (Lipinski definition) is 1. The molecule has 2 aromatic rings. The Bertz CT molecular complexity index is 1240. The standard InChI is InChI=1S/C26H30F5N3O5/c1-13(34-9-25(10-34)11-36-12-25)7-37-21-16(5-6-17(27)20(21)28)19-14(2)24(4,26(29,30)31)39-22(19)23(35)32-18-8-38-33-15(18)3/h5-6,8,13-14,19,22H,7,9-12H2,1-4H3,(H,32,35)/t13-,14-,19-,22+,24+/m0/s1. The van der Waals surface area contributed by atoms with Crippen LogP contribution in [0, 0.1) is 29.9 Å². The van der Waals surface area contributed by atoms with Crippen molar-refractivity contribution in [3.05, 3.63) is 41.3 Å². The minimum absolute atomic E-state index is 0.0421. The lowest BCUT2D eigenvalue weighted by Gasteiger charge is -2.56. The van der Waals surface area contributed by atoms with Gasteiger partial charge in [0.2, 0.25) is 5.82 Å². The topological polar surface area (TPSA) is 86.1 Å². The van der Waals surface area contributed by atoms with Gasteiger partial charge in [-0.1, -0.05) is 18.1 Å². The van der Waals surface area contributed by atoms with Crippen molar-refractivity contribution in [3.63, 3.8) is 0 Å². The first-order chi connectivity index (χ1) is 18.3. The molecule has 1 aromatic heterocycles. The van der Waals surface area contributed by atoms with E-state index in [9.17, 15) is 22.4 Å². The van der Waals surface area contributed by atoms with E-state index in [1.165, 1.54) is 13.8 Å². The Hall–Kier alpha value is -2.77. The summed E-state index contributed by atoms with van der Waals surface area (Å²) in [5.41, 5.74) is -2.26. The number of nitrogens with one attached hydrogen (secondary N) is 1. The molecule has 214 valence electrons. The van der Waals surface area contributed by atoms with Crippen molar-refractivity contribution in [2.24, 2.45) is 11.3 Å². The van der Waals surface area contributed by atoms with Crippen LogP contribution in [0.5, 0.6) is 5.75 Å². The minimum atomic E-state index is -4.86. The van der Waals surface area contributed by atoms with Gasteiger partial charge in [0.05, 0.1) is 13.2 Å². The maximum Gasteiger partial charge on any atom is 0.417 e. The Morgan fingerprint density at radius 1 is 1.28 bits per heavy atom. The van der Waals surface area contributed by atoms with Gasteiger partial charge in [-0.15, -0.1) is 0 Å². The normalized spacial score (nSPS) is 29.1. The average molecular weight is 560 g/mol. The molecule has 0 unspecified atom stereocenters. The van der Waals surface area contributed by atoms with E-state index in [-0.39, 0.29) is 29.3 Å². The van der Waals surface area contributed by atoms with Gasteiger partial charge in [-0.2, -0.15) is 17.6 Å². The lowest BCUT2D eigenvalue weighted by molar-refractivity contribution is -0.272. The zero-order valence-electron chi connectivity index (χ0n) is 21.9. The maximum absolute atomic E-state index is 15.2. The molecule has 0 bridgehead atoms. The van der Waals surface area contributed by atoms with Gasteiger partial charge in [0.25, 0.3) is 5.91 Å². The van der Waals surface area contributed by atoms with E-state index in [0.29, 0.717) is 18.9 Å². The van der Waals surface area contributed by atoms with Gasteiger partial charge < -0.3 is 24.1 Å². The Morgan fingerprint density at radius 2 is 1.97 bits per heavy atom. The second kappa shape index (κ2) is 9.70. The summed E-state index contributed by atoms with van der Waals surface area (Å²) in [4.78, 5) is 15.4. The monoisotopic (exact) mass is 559 g/mol. The number of likely N-dealkylation sites (tertiary alicyclic amines) is 1. The lowest BCUT2D eigenvalue weighted by atomic mass is 9.76. The van der Waals surface area contributed by atoms with Crippen molar-refractivity contribution >= 4 is 11.6 Å². The summed E-state index contributed by atoms with van der Waals surface area (Å²) in [7, 11) is 0. The highest BCUT2D eigenvalue weighted by Gasteiger charge is 2.66. The molecule has 3 fully saturated rings. The van der Waals surface area contributed by atoms with Crippen LogP contribution in [0.2, 0.25) is 0 Å². The zero-order chi connectivity index (χ0) is 28.3. The van der Waals surface area contributed by atoms with Gasteiger partial charge in [0, 0.05) is 41.9 Å². The molecule has 5 atom stereocenters. The first kappa shape index (κ1) is 27.8.